The van der Waals surface area contributed by atoms with E-state index in [0.29, 0.717) is 23.1 Å². The van der Waals surface area contributed by atoms with Crippen LogP contribution in [0.25, 0.3) is 0 Å². The highest BCUT2D eigenvalue weighted by atomic mass is 35.5. The number of pyridine rings is 2. The molecule has 0 saturated carbocycles. The predicted octanol–water partition coefficient (Wildman–Crippen LogP) is 3.81. The van der Waals surface area contributed by atoms with Crippen LogP contribution in [-0.4, -0.2) is 15.5 Å². The fourth-order valence-corrected chi connectivity index (χ4v) is 1.75. The van der Waals surface area contributed by atoms with Crippen molar-refractivity contribution in [3.63, 3.8) is 0 Å². The van der Waals surface area contributed by atoms with Crippen LogP contribution < -0.4 is 10.1 Å². The lowest BCUT2D eigenvalue weighted by atomic mass is 10.1. The second-order valence-corrected chi connectivity index (χ2v) is 5.96. The average Bonchev–Trinajstić information content (AvgIpc) is 2.37. The van der Waals surface area contributed by atoms with E-state index in [2.05, 4.69) is 36.1 Å². The van der Waals surface area contributed by atoms with Crippen LogP contribution in [0.3, 0.4) is 0 Å². The minimum absolute atomic E-state index is 0.0398. The summed E-state index contributed by atoms with van der Waals surface area (Å²) in [6.07, 6.45) is 6.64. The summed E-state index contributed by atoms with van der Waals surface area (Å²) in [5.41, 5.74) is 1.08. The Bertz CT molecular complexity index is 581. The van der Waals surface area contributed by atoms with Gasteiger partial charge in [0.1, 0.15) is 11.5 Å². The molecular formula is C15H18ClN3O. The van der Waals surface area contributed by atoms with Crippen LogP contribution in [0.4, 0.5) is 0 Å². The molecule has 0 aliphatic heterocycles. The minimum atomic E-state index is 0.0398. The molecule has 0 bridgehead atoms. The summed E-state index contributed by atoms with van der Waals surface area (Å²) in [5.74, 6) is 1.30. The van der Waals surface area contributed by atoms with Crippen LogP contribution >= 0.6 is 11.6 Å². The van der Waals surface area contributed by atoms with E-state index in [1.807, 2.05) is 6.07 Å². The zero-order valence-corrected chi connectivity index (χ0v) is 12.6. The van der Waals surface area contributed by atoms with Crippen molar-refractivity contribution in [2.45, 2.75) is 32.9 Å². The maximum absolute atomic E-state index is 5.90. The molecule has 20 heavy (non-hydrogen) atoms. The molecule has 1 N–H and O–H groups in total. The fraction of sp³-hybridized carbons (Fsp3) is 0.333. The quantitative estimate of drug-likeness (QED) is 0.930. The van der Waals surface area contributed by atoms with Crippen molar-refractivity contribution in [2.75, 3.05) is 0 Å². The molecule has 0 radical (unpaired) electrons. The lowest BCUT2D eigenvalue weighted by Crippen LogP contribution is -2.35. The second-order valence-electron chi connectivity index (χ2n) is 5.53. The number of aromatic nitrogens is 2. The minimum Gasteiger partial charge on any atom is -0.454 e. The highest BCUT2D eigenvalue weighted by molar-refractivity contribution is 6.30. The maximum atomic E-state index is 5.90. The molecule has 0 spiro atoms. The van der Waals surface area contributed by atoms with Gasteiger partial charge in [0.05, 0.1) is 17.4 Å². The number of nitrogens with zero attached hydrogens (tertiary/aromatic N) is 2. The monoisotopic (exact) mass is 291 g/mol. The van der Waals surface area contributed by atoms with E-state index in [9.17, 15) is 0 Å². The van der Waals surface area contributed by atoms with Crippen molar-refractivity contribution in [3.8, 4) is 11.5 Å². The highest BCUT2D eigenvalue weighted by Crippen LogP contribution is 2.25. The van der Waals surface area contributed by atoms with Crippen molar-refractivity contribution in [2.24, 2.45) is 0 Å². The van der Waals surface area contributed by atoms with Crippen molar-refractivity contribution in [1.29, 1.82) is 0 Å². The third-order valence-electron chi connectivity index (χ3n) is 2.59. The van der Waals surface area contributed by atoms with E-state index >= 15 is 0 Å². The van der Waals surface area contributed by atoms with Gasteiger partial charge < -0.3 is 10.1 Å². The Labute approximate surface area is 124 Å². The standard InChI is InChI=1S/C15H18ClN3O/c1-15(2,3)19-7-11-4-5-17-10-14(11)20-13-6-12(16)8-18-9-13/h4-6,8-10,19H,7H2,1-3H3. The second kappa shape index (κ2) is 6.20. The lowest BCUT2D eigenvalue weighted by molar-refractivity contribution is 0.413. The van der Waals surface area contributed by atoms with Gasteiger partial charge in [0.2, 0.25) is 0 Å². The van der Waals surface area contributed by atoms with Crippen LogP contribution in [0.15, 0.2) is 36.9 Å². The number of halogens is 1. The molecule has 0 fully saturated rings. The van der Waals surface area contributed by atoms with Crippen molar-refractivity contribution in [1.82, 2.24) is 15.3 Å². The molecule has 0 aromatic carbocycles. The first kappa shape index (κ1) is 14.8. The Morgan fingerprint density at radius 2 is 2.00 bits per heavy atom. The van der Waals surface area contributed by atoms with Crippen LogP contribution in [0.1, 0.15) is 26.3 Å². The van der Waals surface area contributed by atoms with E-state index in [4.69, 9.17) is 16.3 Å². The van der Waals surface area contributed by atoms with Gasteiger partial charge in [-0.15, -0.1) is 0 Å². The molecule has 2 aromatic rings. The van der Waals surface area contributed by atoms with E-state index in [1.54, 1.807) is 30.9 Å². The zero-order chi connectivity index (χ0) is 14.6. The summed E-state index contributed by atoms with van der Waals surface area (Å²) in [7, 11) is 0. The molecule has 0 amide bonds. The zero-order valence-electron chi connectivity index (χ0n) is 11.9. The molecule has 0 aliphatic carbocycles. The Hall–Kier alpha value is -1.65. The van der Waals surface area contributed by atoms with Crippen molar-refractivity contribution in [3.05, 3.63) is 47.5 Å². The van der Waals surface area contributed by atoms with Gasteiger partial charge in [-0.05, 0) is 26.8 Å². The number of hydrogen-bond acceptors (Lipinski definition) is 4. The number of hydrogen-bond donors (Lipinski definition) is 1. The molecule has 2 aromatic heterocycles. The first-order valence-electron chi connectivity index (χ1n) is 6.40. The van der Waals surface area contributed by atoms with E-state index < -0.39 is 0 Å². The van der Waals surface area contributed by atoms with E-state index in [0.717, 1.165) is 5.56 Å². The third-order valence-corrected chi connectivity index (χ3v) is 2.79. The summed E-state index contributed by atoms with van der Waals surface area (Å²) in [6.45, 7) is 7.07. The topological polar surface area (TPSA) is 47.0 Å². The molecular weight excluding hydrogens is 274 g/mol. The molecule has 0 aliphatic rings. The van der Waals surface area contributed by atoms with Crippen molar-refractivity contribution >= 4 is 11.6 Å². The molecule has 0 atom stereocenters. The van der Waals surface area contributed by atoms with Gasteiger partial charge >= 0.3 is 0 Å². The largest absolute Gasteiger partial charge is 0.454 e. The molecule has 2 heterocycles. The Morgan fingerprint density at radius 1 is 1.20 bits per heavy atom. The summed E-state index contributed by atoms with van der Waals surface area (Å²) in [6, 6.07) is 3.66. The number of ether oxygens (including phenoxy) is 1. The molecule has 5 heteroatoms. The summed E-state index contributed by atoms with van der Waals surface area (Å²) < 4.78 is 5.81. The maximum Gasteiger partial charge on any atom is 0.150 e. The molecule has 2 rings (SSSR count). The van der Waals surface area contributed by atoms with Gasteiger partial charge in [-0.3, -0.25) is 9.97 Å². The van der Waals surface area contributed by atoms with Crippen molar-refractivity contribution < 1.29 is 4.74 Å². The van der Waals surface area contributed by atoms with Gasteiger partial charge in [0, 0.05) is 36.1 Å². The van der Waals surface area contributed by atoms with Gasteiger partial charge in [-0.1, -0.05) is 11.6 Å². The Balaban J connectivity index is 2.15. The first-order valence-corrected chi connectivity index (χ1v) is 6.78. The smallest absolute Gasteiger partial charge is 0.150 e. The van der Waals surface area contributed by atoms with Gasteiger partial charge in [-0.2, -0.15) is 0 Å². The first-order chi connectivity index (χ1) is 9.44. The normalized spacial score (nSPS) is 11.4. The number of nitrogens with one attached hydrogen (secondary N) is 1. The van der Waals surface area contributed by atoms with Gasteiger partial charge in [0.25, 0.3) is 0 Å². The van der Waals surface area contributed by atoms with Crippen LogP contribution in [0.5, 0.6) is 11.5 Å². The van der Waals surface area contributed by atoms with Crippen LogP contribution in [0.2, 0.25) is 5.02 Å². The third kappa shape index (κ3) is 4.47. The summed E-state index contributed by atoms with van der Waals surface area (Å²) in [4.78, 5) is 8.10. The van der Waals surface area contributed by atoms with E-state index in [-0.39, 0.29) is 5.54 Å². The Morgan fingerprint density at radius 3 is 2.70 bits per heavy atom. The van der Waals surface area contributed by atoms with E-state index in [1.165, 1.54) is 0 Å². The van der Waals surface area contributed by atoms with Gasteiger partial charge in [0.15, 0.2) is 0 Å². The molecule has 4 nitrogen and oxygen atoms in total. The van der Waals surface area contributed by atoms with Gasteiger partial charge in [-0.25, -0.2) is 0 Å². The van der Waals surface area contributed by atoms with Crippen LogP contribution in [-0.2, 0) is 6.54 Å². The number of rotatable bonds is 4. The molecule has 0 unspecified atom stereocenters. The average molecular weight is 292 g/mol. The SMILES string of the molecule is CC(C)(C)NCc1ccncc1Oc1cncc(Cl)c1. The predicted molar refractivity (Wildman–Crippen MR) is 80.2 cm³/mol. The summed E-state index contributed by atoms with van der Waals surface area (Å²) in [5, 5.41) is 3.97. The Kier molecular flexibility index (Phi) is 4.57. The summed E-state index contributed by atoms with van der Waals surface area (Å²) >= 11 is 5.90. The van der Waals surface area contributed by atoms with Crippen LogP contribution in [0, 0.1) is 0 Å². The molecule has 0 saturated heterocycles. The molecule has 106 valence electrons. The fourth-order valence-electron chi connectivity index (χ4n) is 1.58. The lowest BCUT2D eigenvalue weighted by Gasteiger charge is -2.21. The highest BCUT2D eigenvalue weighted by Gasteiger charge is 2.11.